The Labute approximate surface area is 182 Å². The minimum absolute atomic E-state index is 0.0466. The van der Waals surface area contributed by atoms with E-state index in [0.29, 0.717) is 40.1 Å². The Morgan fingerprint density at radius 1 is 1.33 bits per heavy atom. The van der Waals surface area contributed by atoms with E-state index in [1.807, 2.05) is 24.3 Å². The number of carbonyl (C=O) groups excluding carboxylic acids is 2. The molecule has 0 fully saturated rings. The summed E-state index contributed by atoms with van der Waals surface area (Å²) >= 11 is 7.88. The summed E-state index contributed by atoms with van der Waals surface area (Å²) in [6, 6.07) is 9.38. The lowest BCUT2D eigenvalue weighted by molar-refractivity contribution is -0.116. The van der Waals surface area contributed by atoms with E-state index in [1.54, 1.807) is 26.0 Å². The molecule has 154 valence electrons. The predicted molar refractivity (Wildman–Crippen MR) is 116 cm³/mol. The van der Waals surface area contributed by atoms with Gasteiger partial charge in [0.2, 0.25) is 5.91 Å². The predicted octanol–water partition coefficient (Wildman–Crippen LogP) is 4.70. The summed E-state index contributed by atoms with van der Waals surface area (Å²) < 4.78 is 10.9. The fourth-order valence-corrected chi connectivity index (χ4v) is 4.40. The number of nitrogens with one attached hydrogen (secondary N) is 1. The average Bonchev–Trinajstić information content (AvgIpc) is 3.43. The molecule has 3 aromatic rings. The van der Waals surface area contributed by atoms with Crippen LogP contribution >= 0.6 is 22.9 Å². The second kappa shape index (κ2) is 8.45. The van der Waals surface area contributed by atoms with Gasteiger partial charge in [-0.25, -0.2) is 0 Å². The van der Waals surface area contributed by atoms with E-state index in [-0.39, 0.29) is 17.8 Å². The number of thiophene rings is 1. The summed E-state index contributed by atoms with van der Waals surface area (Å²) in [5.74, 6) is 1.14. The number of aryl methyl sites for hydroxylation is 1. The minimum Gasteiger partial charge on any atom is -0.486 e. The number of nitrogens with zero attached hydrogens (tertiary/aromatic N) is 1. The number of fused-ring (bicyclic) bond motifs is 1. The van der Waals surface area contributed by atoms with Crippen molar-refractivity contribution >= 4 is 40.7 Å². The Balaban J connectivity index is 1.39. The number of amides is 1. The Hall–Kier alpha value is -2.90. The Bertz CT molecular complexity index is 1150. The molecule has 0 spiro atoms. The number of ether oxygens (including phenoxy) is 1. The number of rotatable bonds is 6. The number of hydrogen-bond acceptors (Lipinski definition) is 6. The lowest BCUT2D eigenvalue weighted by Crippen LogP contribution is -2.33. The van der Waals surface area contributed by atoms with Crippen LogP contribution in [0.3, 0.4) is 0 Å². The molecule has 1 N–H and O–H groups in total. The van der Waals surface area contributed by atoms with E-state index in [0.717, 1.165) is 16.0 Å². The quantitative estimate of drug-likeness (QED) is 0.442. The van der Waals surface area contributed by atoms with Crippen molar-refractivity contribution in [2.45, 2.75) is 26.4 Å². The van der Waals surface area contributed by atoms with Gasteiger partial charge in [0.05, 0.1) is 16.4 Å². The molecule has 4 rings (SSSR count). The van der Waals surface area contributed by atoms with Crippen LogP contribution in [0.15, 0.2) is 40.9 Å². The Morgan fingerprint density at radius 3 is 2.87 bits per heavy atom. The molecule has 1 unspecified atom stereocenters. The van der Waals surface area contributed by atoms with Gasteiger partial charge in [0, 0.05) is 29.0 Å². The van der Waals surface area contributed by atoms with Crippen molar-refractivity contribution in [1.29, 1.82) is 0 Å². The molecule has 3 heterocycles. The standard InChI is InChI=1S/C22H19ClN2O4S/c1-12-7-16(25-29-12)3-6-21(27)24-11-17-9-15-8-14(10-18(23)22(15)28-17)20-5-4-19(30-20)13(2)26/h3-8,10,17H,9,11H2,1-2H3,(H,24,27). The average molecular weight is 443 g/mol. The fourth-order valence-electron chi connectivity index (χ4n) is 3.22. The largest absolute Gasteiger partial charge is 0.486 e. The third-order valence-electron chi connectivity index (χ3n) is 4.65. The molecule has 6 nitrogen and oxygen atoms in total. The number of aromatic nitrogens is 1. The van der Waals surface area contributed by atoms with Gasteiger partial charge in [0.15, 0.2) is 5.78 Å². The zero-order chi connectivity index (χ0) is 21.3. The highest BCUT2D eigenvalue weighted by Gasteiger charge is 2.26. The highest BCUT2D eigenvalue weighted by Crippen LogP contribution is 2.41. The second-order valence-corrected chi connectivity index (χ2v) is 8.54. The first-order valence-corrected chi connectivity index (χ1v) is 10.6. The number of hydrogen-bond donors (Lipinski definition) is 1. The SMILES string of the molecule is CC(=O)c1ccc(-c2cc(Cl)c3c(c2)CC(CNC(=O)C=Cc2cc(C)on2)O3)s1. The van der Waals surface area contributed by atoms with E-state index in [2.05, 4.69) is 10.5 Å². The molecule has 1 atom stereocenters. The maximum absolute atomic E-state index is 12.1. The van der Waals surface area contributed by atoms with Gasteiger partial charge in [0.25, 0.3) is 0 Å². The Morgan fingerprint density at radius 2 is 2.17 bits per heavy atom. The number of halogens is 1. The molecule has 8 heteroatoms. The number of benzene rings is 1. The smallest absolute Gasteiger partial charge is 0.244 e. The molecule has 1 aliphatic rings. The van der Waals surface area contributed by atoms with Crippen LogP contribution in [0.2, 0.25) is 5.02 Å². The first kappa shape index (κ1) is 20.4. The maximum atomic E-state index is 12.1. The summed E-state index contributed by atoms with van der Waals surface area (Å²) in [6.45, 7) is 3.70. The lowest BCUT2D eigenvalue weighted by atomic mass is 10.1. The van der Waals surface area contributed by atoms with Crippen molar-refractivity contribution in [3.05, 3.63) is 63.3 Å². The molecule has 1 aromatic carbocycles. The van der Waals surface area contributed by atoms with Gasteiger partial charge in [-0.05, 0) is 49.8 Å². The third kappa shape index (κ3) is 4.47. The molecule has 0 aliphatic carbocycles. The maximum Gasteiger partial charge on any atom is 0.244 e. The zero-order valence-corrected chi connectivity index (χ0v) is 18.0. The molecule has 1 amide bonds. The third-order valence-corrected chi connectivity index (χ3v) is 6.16. The molecule has 0 saturated heterocycles. The molecule has 1 aliphatic heterocycles. The molecular weight excluding hydrogens is 424 g/mol. The van der Waals surface area contributed by atoms with Gasteiger partial charge >= 0.3 is 0 Å². The van der Waals surface area contributed by atoms with Crippen LogP contribution in [0, 0.1) is 6.92 Å². The second-order valence-electron chi connectivity index (χ2n) is 7.05. The van der Waals surface area contributed by atoms with E-state index in [4.69, 9.17) is 20.9 Å². The summed E-state index contributed by atoms with van der Waals surface area (Å²) in [6.07, 6.45) is 3.44. The van der Waals surface area contributed by atoms with Gasteiger partial charge < -0.3 is 14.6 Å². The van der Waals surface area contributed by atoms with E-state index in [1.165, 1.54) is 17.4 Å². The van der Waals surface area contributed by atoms with Crippen molar-refractivity contribution in [2.24, 2.45) is 0 Å². The molecule has 30 heavy (non-hydrogen) atoms. The summed E-state index contributed by atoms with van der Waals surface area (Å²) in [4.78, 5) is 25.3. The monoisotopic (exact) mass is 442 g/mol. The highest BCUT2D eigenvalue weighted by molar-refractivity contribution is 7.17. The van der Waals surface area contributed by atoms with Crippen LogP contribution in [0.4, 0.5) is 0 Å². The van der Waals surface area contributed by atoms with Gasteiger partial charge in [-0.3, -0.25) is 9.59 Å². The number of Topliss-reactive ketones (excluding diaryl/α,β-unsaturated/α-hetero) is 1. The molecular formula is C22H19ClN2O4S. The van der Waals surface area contributed by atoms with Crippen LogP contribution < -0.4 is 10.1 Å². The molecule has 0 radical (unpaired) electrons. The lowest BCUT2D eigenvalue weighted by Gasteiger charge is -2.11. The van der Waals surface area contributed by atoms with Gasteiger partial charge in [-0.2, -0.15) is 0 Å². The molecule has 2 aromatic heterocycles. The van der Waals surface area contributed by atoms with E-state index < -0.39 is 0 Å². The van der Waals surface area contributed by atoms with Crippen LogP contribution in [0.5, 0.6) is 5.75 Å². The Kier molecular flexibility index (Phi) is 5.74. The number of ketones is 1. The van der Waals surface area contributed by atoms with Crippen LogP contribution in [0.1, 0.15) is 33.6 Å². The fraction of sp³-hybridized carbons (Fsp3) is 0.227. The summed E-state index contributed by atoms with van der Waals surface area (Å²) in [5, 5.41) is 7.16. The first-order chi connectivity index (χ1) is 14.4. The first-order valence-electron chi connectivity index (χ1n) is 9.38. The number of carbonyl (C=O) groups is 2. The molecule has 0 saturated carbocycles. The van der Waals surface area contributed by atoms with Crippen LogP contribution in [-0.2, 0) is 11.2 Å². The van der Waals surface area contributed by atoms with Crippen molar-refractivity contribution in [3.63, 3.8) is 0 Å². The van der Waals surface area contributed by atoms with Crippen molar-refractivity contribution in [3.8, 4) is 16.2 Å². The normalized spacial score (nSPS) is 15.2. The summed E-state index contributed by atoms with van der Waals surface area (Å²) in [7, 11) is 0. The van der Waals surface area contributed by atoms with Crippen LogP contribution in [0.25, 0.3) is 16.5 Å². The van der Waals surface area contributed by atoms with E-state index >= 15 is 0 Å². The topological polar surface area (TPSA) is 81.4 Å². The zero-order valence-electron chi connectivity index (χ0n) is 16.4. The summed E-state index contributed by atoms with van der Waals surface area (Å²) in [5.41, 5.74) is 2.53. The van der Waals surface area contributed by atoms with Crippen molar-refractivity contribution in [2.75, 3.05) is 6.54 Å². The van der Waals surface area contributed by atoms with Crippen LogP contribution in [-0.4, -0.2) is 29.5 Å². The van der Waals surface area contributed by atoms with Gasteiger partial charge in [-0.1, -0.05) is 16.8 Å². The van der Waals surface area contributed by atoms with E-state index in [9.17, 15) is 9.59 Å². The van der Waals surface area contributed by atoms with Gasteiger partial charge in [-0.15, -0.1) is 11.3 Å². The molecule has 0 bridgehead atoms. The minimum atomic E-state index is -0.239. The van der Waals surface area contributed by atoms with Crippen molar-refractivity contribution in [1.82, 2.24) is 10.5 Å². The van der Waals surface area contributed by atoms with Gasteiger partial charge in [0.1, 0.15) is 23.3 Å². The highest BCUT2D eigenvalue weighted by atomic mass is 35.5. The van der Waals surface area contributed by atoms with Crippen molar-refractivity contribution < 1.29 is 18.8 Å².